The van der Waals surface area contributed by atoms with E-state index in [2.05, 4.69) is 78.3 Å². The fraction of sp³-hybridized carbons (Fsp3) is 0.500. The molecule has 186 valence electrons. The number of benzene rings is 1. The highest BCUT2D eigenvalue weighted by Crippen LogP contribution is 2.66. The second kappa shape index (κ2) is 8.41. The van der Waals surface area contributed by atoms with Gasteiger partial charge in [0, 0.05) is 22.7 Å². The fourth-order valence-corrected chi connectivity index (χ4v) is 8.69. The SMILES string of the molecule is C[C@]12CC[C@H]3[C@@H](CC=C4CCCC(OCc5ccccn5)[C@@]43C)[C@@H]1CC=C2n1cnc2ccccc21. The van der Waals surface area contributed by atoms with Gasteiger partial charge in [-0.2, -0.15) is 0 Å². The van der Waals surface area contributed by atoms with Gasteiger partial charge in [-0.05, 0) is 87.0 Å². The van der Waals surface area contributed by atoms with E-state index < -0.39 is 0 Å². The van der Waals surface area contributed by atoms with Crippen LogP contribution in [0.2, 0.25) is 0 Å². The molecule has 7 rings (SSSR count). The van der Waals surface area contributed by atoms with Crippen LogP contribution in [0.1, 0.15) is 64.5 Å². The van der Waals surface area contributed by atoms with E-state index in [9.17, 15) is 0 Å². The van der Waals surface area contributed by atoms with Crippen molar-refractivity contribution in [2.45, 2.75) is 71.5 Å². The maximum absolute atomic E-state index is 6.73. The molecule has 4 aliphatic rings. The molecule has 0 N–H and O–H groups in total. The molecule has 36 heavy (non-hydrogen) atoms. The summed E-state index contributed by atoms with van der Waals surface area (Å²) in [5, 5.41) is 0. The minimum Gasteiger partial charge on any atom is -0.371 e. The lowest BCUT2D eigenvalue weighted by Crippen LogP contribution is -2.54. The number of allylic oxidation sites excluding steroid dienone is 3. The van der Waals surface area contributed by atoms with Crippen LogP contribution in [-0.4, -0.2) is 20.6 Å². The molecular formula is C32H37N3O. The number of pyridine rings is 1. The van der Waals surface area contributed by atoms with Crippen LogP contribution in [0.15, 0.2) is 72.7 Å². The number of imidazole rings is 1. The zero-order chi connectivity index (χ0) is 24.3. The van der Waals surface area contributed by atoms with Crippen molar-refractivity contribution < 1.29 is 4.74 Å². The normalized spacial score (nSPS) is 35.5. The molecule has 2 saturated carbocycles. The summed E-state index contributed by atoms with van der Waals surface area (Å²) < 4.78 is 9.12. The number of hydrogen-bond donors (Lipinski definition) is 0. The lowest BCUT2D eigenvalue weighted by atomic mass is 9.47. The van der Waals surface area contributed by atoms with Gasteiger partial charge in [0.15, 0.2) is 0 Å². The molecule has 0 bridgehead atoms. The van der Waals surface area contributed by atoms with Gasteiger partial charge in [0.1, 0.15) is 6.33 Å². The Kier molecular flexibility index (Phi) is 5.25. The van der Waals surface area contributed by atoms with Crippen molar-refractivity contribution in [2.24, 2.45) is 28.6 Å². The van der Waals surface area contributed by atoms with Crippen LogP contribution in [0.25, 0.3) is 16.7 Å². The third-order valence-electron chi connectivity index (χ3n) is 10.5. The van der Waals surface area contributed by atoms with E-state index in [1.165, 1.54) is 49.7 Å². The van der Waals surface area contributed by atoms with E-state index in [1.54, 1.807) is 5.57 Å². The standard InChI is InChI=1S/C32H37N3O/c1-31-18-17-26-24(25(31)15-16-29(31)35-21-34-27-10-3-4-11-28(27)35)14-13-22-8-7-12-30(32(22,26)2)36-20-23-9-5-6-19-33-23/h3-6,9-11,13,16,19,21,24-26,30H,7-8,12,14-15,17-18,20H2,1-2H3/t24-,25-,26-,30?,31-,32-/m0/s1. The van der Waals surface area contributed by atoms with Crippen LogP contribution < -0.4 is 0 Å². The first kappa shape index (κ1) is 22.5. The van der Waals surface area contributed by atoms with Crippen LogP contribution in [0.5, 0.6) is 0 Å². The molecule has 4 aliphatic carbocycles. The molecule has 0 amide bonds. The average Bonchev–Trinajstić information content (AvgIpc) is 3.48. The minimum absolute atomic E-state index is 0.141. The Bertz CT molecular complexity index is 1340. The van der Waals surface area contributed by atoms with Gasteiger partial charge in [-0.15, -0.1) is 0 Å². The Balaban J connectivity index is 1.18. The third-order valence-corrected chi connectivity index (χ3v) is 10.5. The lowest BCUT2D eigenvalue weighted by Gasteiger charge is -2.59. The lowest BCUT2D eigenvalue weighted by molar-refractivity contribution is -0.111. The Hall–Kier alpha value is -2.72. The number of aromatic nitrogens is 3. The zero-order valence-electron chi connectivity index (χ0n) is 21.6. The Morgan fingerprint density at radius 1 is 0.972 bits per heavy atom. The van der Waals surface area contributed by atoms with Gasteiger partial charge >= 0.3 is 0 Å². The van der Waals surface area contributed by atoms with Crippen molar-refractivity contribution in [3.05, 3.63) is 78.4 Å². The predicted molar refractivity (Wildman–Crippen MR) is 144 cm³/mol. The molecule has 0 aliphatic heterocycles. The molecular weight excluding hydrogens is 442 g/mol. The Labute approximate surface area is 214 Å². The van der Waals surface area contributed by atoms with E-state index >= 15 is 0 Å². The first-order chi connectivity index (χ1) is 17.6. The van der Waals surface area contributed by atoms with Crippen molar-refractivity contribution in [1.82, 2.24) is 14.5 Å². The monoisotopic (exact) mass is 479 g/mol. The summed E-state index contributed by atoms with van der Waals surface area (Å²) in [4.78, 5) is 9.25. The van der Waals surface area contributed by atoms with Crippen LogP contribution in [0, 0.1) is 28.6 Å². The highest BCUT2D eigenvalue weighted by molar-refractivity contribution is 5.80. The van der Waals surface area contributed by atoms with Gasteiger partial charge in [0.05, 0.1) is 29.4 Å². The van der Waals surface area contributed by atoms with Gasteiger partial charge in [-0.25, -0.2) is 4.98 Å². The second-order valence-corrected chi connectivity index (χ2v) is 12.0. The van der Waals surface area contributed by atoms with Crippen molar-refractivity contribution >= 4 is 16.7 Å². The van der Waals surface area contributed by atoms with E-state index in [1.807, 2.05) is 12.3 Å². The smallest absolute Gasteiger partial charge is 0.100 e. The van der Waals surface area contributed by atoms with Crippen LogP contribution in [0.3, 0.4) is 0 Å². The first-order valence-corrected chi connectivity index (χ1v) is 13.9. The summed E-state index contributed by atoms with van der Waals surface area (Å²) in [5.41, 5.74) is 6.86. The van der Waals surface area contributed by atoms with Gasteiger partial charge in [-0.1, -0.05) is 49.8 Å². The van der Waals surface area contributed by atoms with E-state index in [0.717, 1.165) is 17.6 Å². The Morgan fingerprint density at radius 3 is 2.75 bits per heavy atom. The quantitative estimate of drug-likeness (QED) is 0.365. The number of fused-ring (bicyclic) bond motifs is 6. The molecule has 6 atom stereocenters. The molecule has 1 unspecified atom stereocenters. The molecule has 0 saturated heterocycles. The number of nitrogens with zero attached hydrogens (tertiary/aromatic N) is 3. The maximum atomic E-state index is 6.73. The van der Waals surface area contributed by atoms with Gasteiger partial charge in [0.25, 0.3) is 0 Å². The predicted octanol–water partition coefficient (Wildman–Crippen LogP) is 7.43. The number of ether oxygens (including phenoxy) is 1. The van der Waals surface area contributed by atoms with Crippen LogP contribution >= 0.6 is 0 Å². The van der Waals surface area contributed by atoms with Crippen molar-refractivity contribution in [3.63, 3.8) is 0 Å². The van der Waals surface area contributed by atoms with Crippen molar-refractivity contribution in [2.75, 3.05) is 0 Å². The van der Waals surface area contributed by atoms with Gasteiger partial charge in [-0.3, -0.25) is 4.98 Å². The Morgan fingerprint density at radius 2 is 1.86 bits per heavy atom. The van der Waals surface area contributed by atoms with E-state index in [0.29, 0.717) is 24.4 Å². The van der Waals surface area contributed by atoms with Crippen molar-refractivity contribution in [3.8, 4) is 0 Å². The second-order valence-electron chi connectivity index (χ2n) is 12.0. The highest BCUT2D eigenvalue weighted by Gasteiger charge is 2.59. The average molecular weight is 480 g/mol. The summed E-state index contributed by atoms with van der Waals surface area (Å²) in [5.74, 6) is 2.08. The molecule has 2 fully saturated rings. The minimum atomic E-state index is 0.141. The molecule has 2 aromatic heterocycles. The molecule has 2 heterocycles. The number of rotatable bonds is 4. The number of para-hydroxylation sites is 2. The van der Waals surface area contributed by atoms with Gasteiger partial charge < -0.3 is 9.30 Å². The summed E-state index contributed by atoms with van der Waals surface area (Å²) in [6.07, 6.45) is 18.0. The largest absolute Gasteiger partial charge is 0.371 e. The molecule has 4 nitrogen and oxygen atoms in total. The van der Waals surface area contributed by atoms with E-state index in [4.69, 9.17) is 9.72 Å². The third kappa shape index (κ3) is 3.23. The van der Waals surface area contributed by atoms with Crippen molar-refractivity contribution in [1.29, 1.82) is 0 Å². The summed E-state index contributed by atoms with van der Waals surface area (Å²) in [7, 11) is 0. The first-order valence-electron chi connectivity index (χ1n) is 13.9. The summed E-state index contributed by atoms with van der Waals surface area (Å²) in [6, 6.07) is 14.7. The van der Waals surface area contributed by atoms with Gasteiger partial charge in [0.2, 0.25) is 0 Å². The highest BCUT2D eigenvalue weighted by atomic mass is 16.5. The summed E-state index contributed by atoms with van der Waals surface area (Å²) in [6.45, 7) is 5.71. The zero-order valence-corrected chi connectivity index (χ0v) is 21.6. The molecule has 0 radical (unpaired) electrons. The van der Waals surface area contributed by atoms with E-state index in [-0.39, 0.29) is 16.9 Å². The summed E-state index contributed by atoms with van der Waals surface area (Å²) >= 11 is 0. The number of hydrogen-bond acceptors (Lipinski definition) is 3. The molecule has 3 aromatic rings. The molecule has 1 aromatic carbocycles. The van der Waals surface area contributed by atoms with Crippen LogP contribution in [0.4, 0.5) is 0 Å². The fourth-order valence-electron chi connectivity index (χ4n) is 8.69. The molecule has 0 spiro atoms. The van der Waals surface area contributed by atoms with Crippen LogP contribution in [-0.2, 0) is 11.3 Å². The molecule has 4 heteroatoms. The maximum Gasteiger partial charge on any atom is 0.100 e. The topological polar surface area (TPSA) is 39.9 Å².